The van der Waals surface area contributed by atoms with Crippen molar-refractivity contribution >= 4 is 11.8 Å². The average molecular weight is 449 g/mol. The number of nitrogens with zero attached hydrogens (tertiary/aromatic N) is 3. The van der Waals surface area contributed by atoms with E-state index in [9.17, 15) is 28.5 Å². The molecule has 0 amide bonds. The minimum atomic E-state index is -1.57. The van der Waals surface area contributed by atoms with Crippen molar-refractivity contribution in [2.45, 2.75) is 57.0 Å². The highest BCUT2D eigenvalue weighted by atomic mass is 32.2. The normalized spacial score (nSPS) is 15.7. The number of hydrogen-bond acceptors (Lipinski definition) is 7. The highest BCUT2D eigenvalue weighted by molar-refractivity contribution is 7.99. The molecule has 1 aromatic carbocycles. The molecule has 0 aliphatic heterocycles. The van der Waals surface area contributed by atoms with Gasteiger partial charge in [0.25, 0.3) is 0 Å². The summed E-state index contributed by atoms with van der Waals surface area (Å²) >= 11 is 1.35. The first kappa shape index (κ1) is 24.6. The maximum Gasteiger partial charge on any atom is 0.194 e. The first-order valence-corrected chi connectivity index (χ1v) is 10.6. The van der Waals surface area contributed by atoms with Gasteiger partial charge in [0.2, 0.25) is 0 Å². The summed E-state index contributed by atoms with van der Waals surface area (Å²) in [6.07, 6.45) is 0.336. The molecule has 4 atom stereocenters. The quantitative estimate of drug-likeness (QED) is 0.260. The molecule has 3 N–H and O–H groups in total. The Morgan fingerprint density at radius 3 is 2.43 bits per heavy atom. The summed E-state index contributed by atoms with van der Waals surface area (Å²) in [5, 5.41) is 37.4. The lowest BCUT2D eigenvalue weighted by Crippen LogP contribution is -2.39. The molecule has 0 bridgehead atoms. The Balaban J connectivity index is 2.12. The number of benzene rings is 1. The average Bonchev–Trinajstić information content (AvgIpc) is 3.16. The molecule has 168 valence electrons. The number of thioether (sulfide) groups is 1. The Morgan fingerprint density at radius 1 is 1.20 bits per heavy atom. The third-order valence-electron chi connectivity index (χ3n) is 4.31. The summed E-state index contributed by atoms with van der Waals surface area (Å²) in [6.45, 7) is 3.04. The molecule has 2 unspecified atom stereocenters. The van der Waals surface area contributed by atoms with Gasteiger partial charge in [-0.15, -0.1) is 16.9 Å². The van der Waals surface area contributed by atoms with Crippen LogP contribution < -0.4 is 0 Å². The van der Waals surface area contributed by atoms with Crippen LogP contribution in [0.3, 0.4) is 0 Å². The topological polar surface area (TPSA) is 101 Å². The van der Waals surface area contributed by atoms with E-state index in [0.717, 1.165) is 25.0 Å². The smallest absolute Gasteiger partial charge is 0.194 e. The van der Waals surface area contributed by atoms with Crippen molar-refractivity contribution in [1.82, 2.24) is 15.0 Å². The van der Waals surface area contributed by atoms with Crippen LogP contribution in [-0.4, -0.2) is 66.4 Å². The van der Waals surface area contributed by atoms with E-state index in [2.05, 4.69) is 10.3 Å². The molecule has 7 nitrogen and oxygen atoms in total. The van der Waals surface area contributed by atoms with Crippen LogP contribution in [0.4, 0.5) is 13.2 Å². The van der Waals surface area contributed by atoms with Gasteiger partial charge in [0.05, 0.1) is 25.5 Å². The number of unbranched alkanes of at least 4 members (excludes halogenated alkanes) is 1. The van der Waals surface area contributed by atoms with Crippen LogP contribution in [0.5, 0.6) is 0 Å². The largest absolute Gasteiger partial charge is 0.394 e. The van der Waals surface area contributed by atoms with E-state index >= 15 is 0 Å². The second-order valence-corrected chi connectivity index (χ2v) is 8.04. The molecule has 1 heterocycles. The lowest BCUT2D eigenvalue weighted by Gasteiger charge is -2.28. The first-order valence-electron chi connectivity index (χ1n) is 9.55. The Labute approximate surface area is 176 Å². The zero-order valence-corrected chi connectivity index (χ0v) is 17.5. The molecule has 0 saturated carbocycles. The second-order valence-electron chi connectivity index (χ2n) is 6.84. The van der Waals surface area contributed by atoms with Crippen molar-refractivity contribution in [2.75, 3.05) is 12.4 Å². The molecule has 2 aromatic rings. The molecule has 0 aliphatic rings. The number of aromatic nitrogens is 3. The third-order valence-corrected chi connectivity index (χ3v) is 5.59. The summed E-state index contributed by atoms with van der Waals surface area (Å²) < 4.78 is 47.0. The van der Waals surface area contributed by atoms with E-state index < -0.39 is 47.8 Å². The zero-order chi connectivity index (χ0) is 22.3. The Hall–Kier alpha value is -1.66. The fourth-order valence-electron chi connectivity index (χ4n) is 2.57. The van der Waals surface area contributed by atoms with Gasteiger partial charge in [-0.3, -0.25) is 0 Å². The summed E-state index contributed by atoms with van der Waals surface area (Å²) in [5.41, 5.74) is -0.642. The van der Waals surface area contributed by atoms with Gasteiger partial charge >= 0.3 is 0 Å². The van der Waals surface area contributed by atoms with Crippen LogP contribution in [0.25, 0.3) is 11.3 Å². The lowest BCUT2D eigenvalue weighted by molar-refractivity contribution is -0.0972. The van der Waals surface area contributed by atoms with Crippen LogP contribution in [0, 0.1) is 17.5 Å². The van der Waals surface area contributed by atoms with Gasteiger partial charge in [-0.05, 0) is 31.2 Å². The highest BCUT2D eigenvalue weighted by Crippen LogP contribution is 2.24. The molecule has 0 spiro atoms. The molecule has 11 heteroatoms. The van der Waals surface area contributed by atoms with Gasteiger partial charge in [-0.25, -0.2) is 17.9 Å². The summed E-state index contributed by atoms with van der Waals surface area (Å²) in [7, 11) is 0. The summed E-state index contributed by atoms with van der Waals surface area (Å²) in [6, 6.07) is 1.62. The van der Waals surface area contributed by atoms with E-state index in [-0.39, 0.29) is 17.8 Å². The van der Waals surface area contributed by atoms with Crippen molar-refractivity contribution in [3.8, 4) is 11.3 Å². The van der Waals surface area contributed by atoms with E-state index in [1.165, 1.54) is 29.6 Å². The molecule has 30 heavy (non-hydrogen) atoms. The minimum Gasteiger partial charge on any atom is -0.394 e. The molecular weight excluding hydrogens is 423 g/mol. The predicted octanol–water partition coefficient (Wildman–Crippen LogP) is 2.34. The van der Waals surface area contributed by atoms with Crippen LogP contribution in [0.15, 0.2) is 18.3 Å². The maximum atomic E-state index is 13.4. The molecule has 0 radical (unpaired) electrons. The molecule has 0 aliphatic carbocycles. The van der Waals surface area contributed by atoms with Gasteiger partial charge in [0, 0.05) is 5.56 Å². The predicted molar refractivity (Wildman–Crippen MR) is 106 cm³/mol. The fraction of sp³-hybridized carbons (Fsp3) is 0.579. The van der Waals surface area contributed by atoms with Crippen LogP contribution in [0.1, 0.15) is 26.7 Å². The van der Waals surface area contributed by atoms with Crippen LogP contribution in [-0.2, 0) is 11.3 Å². The standard InChI is InChI=1S/C19H26F3N3O4S/c1-3-4-5-30-19(29-17(10-26)11(2)27)16(28)9-25-8-15(23-24-25)12-6-13(20)18(22)14(21)7-12/h6-8,11,16-17,19,26-28H,3-5,9-10H2,1-2H3/t11-,16+,17?,19?/m1/s1. The lowest BCUT2D eigenvalue weighted by atomic mass is 10.1. The summed E-state index contributed by atoms with van der Waals surface area (Å²) in [5.74, 6) is -3.54. The van der Waals surface area contributed by atoms with E-state index in [1.54, 1.807) is 0 Å². The number of halogens is 3. The van der Waals surface area contributed by atoms with Gasteiger partial charge in [0.15, 0.2) is 17.5 Å². The fourth-order valence-corrected chi connectivity index (χ4v) is 3.78. The number of aliphatic hydroxyl groups is 3. The molecule has 2 rings (SSSR count). The second kappa shape index (κ2) is 11.7. The van der Waals surface area contributed by atoms with E-state index in [0.29, 0.717) is 5.75 Å². The van der Waals surface area contributed by atoms with Crippen molar-refractivity contribution < 1.29 is 33.2 Å². The van der Waals surface area contributed by atoms with Gasteiger partial charge in [-0.1, -0.05) is 18.6 Å². The van der Waals surface area contributed by atoms with E-state index in [4.69, 9.17) is 4.74 Å². The third kappa shape index (κ3) is 6.67. The Bertz CT molecular complexity index is 786. The zero-order valence-electron chi connectivity index (χ0n) is 16.7. The maximum absolute atomic E-state index is 13.4. The Kier molecular flexibility index (Phi) is 9.56. The van der Waals surface area contributed by atoms with Gasteiger partial charge < -0.3 is 20.1 Å². The van der Waals surface area contributed by atoms with Crippen molar-refractivity contribution in [2.24, 2.45) is 0 Å². The number of aliphatic hydroxyl groups excluding tert-OH is 3. The number of ether oxygens (including phenoxy) is 1. The van der Waals surface area contributed by atoms with Crippen molar-refractivity contribution in [3.05, 3.63) is 35.8 Å². The molecule has 0 fully saturated rings. The monoisotopic (exact) mass is 449 g/mol. The van der Waals surface area contributed by atoms with Gasteiger partial charge in [0.1, 0.15) is 23.3 Å². The summed E-state index contributed by atoms with van der Waals surface area (Å²) in [4.78, 5) is 0. The number of hydrogen-bond donors (Lipinski definition) is 3. The van der Waals surface area contributed by atoms with Crippen LogP contribution in [0.2, 0.25) is 0 Å². The number of rotatable bonds is 12. The van der Waals surface area contributed by atoms with E-state index in [1.807, 2.05) is 6.92 Å². The minimum absolute atomic E-state index is 0.00621. The SMILES string of the molecule is CCCCSC(OC(CO)[C@@H](C)O)[C@@H](O)Cn1cc(-c2cc(F)c(F)c(F)c2)nn1. The van der Waals surface area contributed by atoms with Crippen LogP contribution >= 0.6 is 11.8 Å². The highest BCUT2D eigenvalue weighted by Gasteiger charge is 2.27. The Morgan fingerprint density at radius 2 is 1.87 bits per heavy atom. The van der Waals surface area contributed by atoms with Crippen molar-refractivity contribution in [1.29, 1.82) is 0 Å². The molecule has 0 saturated heterocycles. The van der Waals surface area contributed by atoms with Gasteiger partial charge in [-0.2, -0.15) is 0 Å². The van der Waals surface area contributed by atoms with Crippen molar-refractivity contribution in [3.63, 3.8) is 0 Å². The molecular formula is C19H26F3N3O4S. The molecule has 1 aromatic heterocycles. The first-order chi connectivity index (χ1) is 14.3.